The number of aromatic hydroxyl groups is 1. The van der Waals surface area contributed by atoms with Crippen LogP contribution in [-0.4, -0.2) is 18.1 Å². The van der Waals surface area contributed by atoms with Crippen LogP contribution in [0.25, 0.3) is 0 Å². The first-order chi connectivity index (χ1) is 16.4. The van der Waals surface area contributed by atoms with Crippen LogP contribution in [0.3, 0.4) is 0 Å². The van der Waals surface area contributed by atoms with Crippen LogP contribution in [0, 0.1) is 0 Å². The topological polar surface area (TPSA) is 86.7 Å². The lowest BCUT2D eigenvalue weighted by atomic mass is 10.2. The normalized spacial score (nSPS) is 11.0. The molecule has 0 aliphatic rings. The van der Waals surface area contributed by atoms with E-state index in [1.165, 1.54) is 16.0 Å². The quantitative estimate of drug-likeness (QED) is 0.200. The van der Waals surface area contributed by atoms with E-state index in [2.05, 4.69) is 64.8 Å². The fourth-order valence-corrected chi connectivity index (χ4v) is 5.55. The van der Waals surface area contributed by atoms with Crippen LogP contribution in [0.2, 0.25) is 0 Å². The molecule has 0 fully saturated rings. The van der Waals surface area contributed by atoms with Crippen LogP contribution in [-0.2, 0) is 43.6 Å². The van der Waals surface area contributed by atoms with Crippen molar-refractivity contribution in [1.82, 2.24) is 0 Å². The molecule has 7 heteroatoms. The van der Waals surface area contributed by atoms with Gasteiger partial charge in [0.05, 0.1) is 6.61 Å². The van der Waals surface area contributed by atoms with Crippen LogP contribution in [0.5, 0.6) is 5.75 Å². The molecule has 0 unspecified atom stereocenters. The van der Waals surface area contributed by atoms with Crippen molar-refractivity contribution in [2.24, 2.45) is 0 Å². The van der Waals surface area contributed by atoms with Crippen molar-refractivity contribution in [1.29, 1.82) is 0 Å². The fraction of sp³-hybridized carbons (Fsp3) is 0.111. The maximum atomic E-state index is 10.0. The van der Waals surface area contributed by atoms with E-state index in [0.29, 0.717) is 11.3 Å². The highest BCUT2D eigenvalue weighted by Gasteiger charge is 2.23. The maximum Gasteiger partial charge on any atom is 0.217 e. The molecule has 176 valence electrons. The predicted molar refractivity (Wildman–Crippen MR) is 135 cm³/mol. The van der Waals surface area contributed by atoms with Gasteiger partial charge in [-0.1, -0.05) is 91.0 Å². The molecule has 0 saturated heterocycles. The predicted octanol–water partition coefficient (Wildman–Crippen LogP) is 5.43. The first kappa shape index (κ1) is 25.5. The Morgan fingerprint density at radius 3 is 1.47 bits per heavy atom. The van der Waals surface area contributed by atoms with Crippen molar-refractivity contribution in [2.45, 2.75) is 23.0 Å². The number of phenols is 1. The van der Waals surface area contributed by atoms with Crippen LogP contribution in [0.15, 0.2) is 120 Å². The highest BCUT2D eigenvalue weighted by molar-refractivity contribution is 7.95. The number of rotatable bonds is 8. The lowest BCUT2D eigenvalue weighted by molar-refractivity contribution is 0.253. The van der Waals surface area contributed by atoms with E-state index in [4.69, 9.17) is 0 Å². The second kappa shape index (κ2) is 13.0. The van der Waals surface area contributed by atoms with Crippen LogP contribution in [0.4, 0.5) is 0 Å². The summed E-state index contributed by atoms with van der Waals surface area (Å²) in [6.45, 7) is -0.202. The maximum absolute atomic E-state index is 10.0. The van der Waals surface area contributed by atoms with Gasteiger partial charge in [-0.05, 0) is 29.8 Å². The van der Waals surface area contributed by atoms with E-state index in [-0.39, 0.29) is 17.5 Å². The van der Waals surface area contributed by atoms with Crippen molar-refractivity contribution in [3.63, 3.8) is 0 Å². The van der Waals surface area contributed by atoms with Gasteiger partial charge in [-0.15, -0.1) is 0 Å². The molecule has 0 heterocycles. The highest BCUT2D eigenvalue weighted by Crippen LogP contribution is 2.25. The van der Waals surface area contributed by atoms with Crippen LogP contribution < -0.4 is 0 Å². The fourth-order valence-electron chi connectivity index (χ4n) is 3.12. The Kier molecular flexibility index (Phi) is 9.73. The summed E-state index contributed by atoms with van der Waals surface area (Å²) in [5.41, 5.74) is 3.36. The minimum Gasteiger partial charge on any atom is -0.726 e. The summed E-state index contributed by atoms with van der Waals surface area (Å²) in [7, 11) is -4.48. The van der Waals surface area contributed by atoms with Gasteiger partial charge < -0.3 is 9.66 Å². The van der Waals surface area contributed by atoms with Crippen LogP contribution in [0.1, 0.15) is 16.7 Å². The molecule has 0 atom stereocenters. The van der Waals surface area contributed by atoms with E-state index >= 15 is 0 Å². The molecule has 4 aromatic carbocycles. The molecule has 0 bridgehead atoms. The Morgan fingerprint density at radius 2 is 1.06 bits per heavy atom. The minimum atomic E-state index is -4.57. The summed E-state index contributed by atoms with van der Waals surface area (Å²) >= 11 is 0. The molecule has 0 amide bonds. The van der Waals surface area contributed by atoms with E-state index < -0.39 is 10.4 Å². The zero-order chi connectivity index (χ0) is 24.2. The number of hydrogen-bond donors (Lipinski definition) is 1. The molecule has 34 heavy (non-hydrogen) atoms. The first-order valence-electron chi connectivity index (χ1n) is 10.6. The van der Waals surface area contributed by atoms with Crippen molar-refractivity contribution in [3.8, 4) is 5.75 Å². The summed E-state index contributed by atoms with van der Waals surface area (Å²) in [5, 5.41) is 9.52. The Labute approximate surface area is 204 Å². The van der Waals surface area contributed by atoms with Gasteiger partial charge in [-0.25, -0.2) is 8.42 Å². The van der Waals surface area contributed by atoms with Gasteiger partial charge in [-0.3, -0.25) is 4.18 Å². The number of hydrogen-bond acceptors (Lipinski definition) is 5. The molecule has 0 radical (unpaired) electrons. The Morgan fingerprint density at radius 1 is 0.647 bits per heavy atom. The summed E-state index contributed by atoms with van der Waals surface area (Å²) in [4.78, 5) is 1.30. The number of benzene rings is 4. The Balaban J connectivity index is 0.000000229. The molecule has 1 N–H and O–H groups in total. The summed E-state index contributed by atoms with van der Waals surface area (Å²) in [5.74, 6) is 2.38. The molecule has 0 aromatic heterocycles. The Bertz CT molecular complexity index is 1170. The van der Waals surface area contributed by atoms with E-state index in [9.17, 15) is 18.1 Å². The molecule has 4 rings (SSSR count). The molecule has 0 saturated carbocycles. The van der Waals surface area contributed by atoms with Gasteiger partial charge in [0.15, 0.2) is 4.90 Å². The molecule has 0 aliphatic heterocycles. The summed E-state index contributed by atoms with van der Waals surface area (Å²) in [6.07, 6.45) is 0. The van der Waals surface area contributed by atoms with E-state index in [0.717, 1.165) is 11.5 Å². The van der Waals surface area contributed by atoms with Crippen molar-refractivity contribution in [3.05, 3.63) is 132 Å². The molecule has 4 aromatic rings. The van der Waals surface area contributed by atoms with Gasteiger partial charge in [0.1, 0.15) is 17.3 Å². The average molecular weight is 495 g/mol. The Hall–Kier alpha value is -3.10. The SMILES string of the molecule is O=S(=O)([O-])OCc1ccccc1.Oc1ccc([S+](Cc2ccccc2)Cc2ccccc2)cc1. The minimum absolute atomic E-state index is 0.0908. The third-order valence-electron chi connectivity index (χ3n) is 4.75. The molecule has 0 spiro atoms. The van der Waals surface area contributed by atoms with Gasteiger partial charge in [-0.2, -0.15) is 0 Å². The van der Waals surface area contributed by atoms with E-state index in [1.54, 1.807) is 42.5 Å². The van der Waals surface area contributed by atoms with Gasteiger partial charge in [0.2, 0.25) is 10.4 Å². The van der Waals surface area contributed by atoms with Gasteiger partial charge >= 0.3 is 0 Å². The lowest BCUT2D eigenvalue weighted by Crippen LogP contribution is -2.09. The monoisotopic (exact) mass is 494 g/mol. The van der Waals surface area contributed by atoms with E-state index in [1.807, 2.05) is 12.1 Å². The average Bonchev–Trinajstić information content (AvgIpc) is 2.85. The third kappa shape index (κ3) is 9.41. The second-order valence-corrected chi connectivity index (χ2v) is 10.5. The summed E-state index contributed by atoms with van der Waals surface area (Å²) < 4.78 is 34.1. The van der Waals surface area contributed by atoms with Gasteiger partial charge in [0, 0.05) is 22.0 Å². The second-order valence-electron chi connectivity index (χ2n) is 7.40. The largest absolute Gasteiger partial charge is 0.726 e. The van der Waals surface area contributed by atoms with Crippen LogP contribution >= 0.6 is 0 Å². The number of phenolic OH excluding ortho intramolecular Hbond substituents is 1. The molecule has 0 aliphatic carbocycles. The molecule has 5 nitrogen and oxygen atoms in total. The highest BCUT2D eigenvalue weighted by atomic mass is 32.3. The third-order valence-corrected chi connectivity index (χ3v) is 7.46. The van der Waals surface area contributed by atoms with Gasteiger partial charge in [0.25, 0.3) is 0 Å². The first-order valence-corrected chi connectivity index (χ1v) is 13.5. The summed E-state index contributed by atoms with van der Waals surface area (Å²) in [6, 6.07) is 37.5. The molecular formula is C27H26O5S2. The smallest absolute Gasteiger partial charge is 0.217 e. The zero-order valence-corrected chi connectivity index (χ0v) is 20.1. The van der Waals surface area contributed by atoms with Crippen molar-refractivity contribution >= 4 is 21.3 Å². The standard InChI is InChI=1S/C20H18OS.C7H8O4S/c21-19-11-13-20(14-12-19)22(15-17-7-3-1-4-8-17)16-18-9-5-2-6-10-18;8-12(9,10)11-6-7-4-2-1-3-5-7/h1-14H,15-16H2;1-5H,6H2,(H,8,9,10). The van der Waals surface area contributed by atoms with Crippen molar-refractivity contribution in [2.75, 3.05) is 0 Å². The van der Waals surface area contributed by atoms with Crippen molar-refractivity contribution < 1.29 is 22.3 Å². The molecular weight excluding hydrogens is 468 g/mol. The lowest BCUT2D eigenvalue weighted by Gasteiger charge is -2.09. The zero-order valence-electron chi connectivity index (χ0n) is 18.5.